The van der Waals surface area contributed by atoms with Crippen LogP contribution in [0, 0.1) is 17.8 Å². The predicted molar refractivity (Wildman–Crippen MR) is 89.6 cm³/mol. The van der Waals surface area contributed by atoms with Crippen LogP contribution in [0.25, 0.3) is 0 Å². The molecule has 0 aromatic carbocycles. The summed E-state index contributed by atoms with van der Waals surface area (Å²) in [7, 11) is 5.58. The monoisotopic (exact) mass is 331 g/mol. The van der Waals surface area contributed by atoms with Crippen molar-refractivity contribution in [2.24, 2.45) is 17.8 Å². The van der Waals surface area contributed by atoms with Crippen molar-refractivity contribution in [3.8, 4) is 0 Å². The zero-order chi connectivity index (χ0) is 16.8. The number of urea groups is 1. The van der Waals surface area contributed by atoms with E-state index in [-0.39, 0.29) is 18.2 Å². The van der Waals surface area contributed by atoms with Crippen molar-refractivity contribution in [3.05, 3.63) is 18.0 Å². The second-order valence-electron chi connectivity index (χ2n) is 7.40. The maximum Gasteiger partial charge on any atom is 0.318 e. The Hall–Kier alpha value is -1.89. The lowest BCUT2D eigenvalue weighted by atomic mass is 9.88. The van der Waals surface area contributed by atoms with E-state index < -0.39 is 0 Å². The normalized spacial score (nSPS) is 33.1. The Labute approximate surface area is 142 Å². The van der Waals surface area contributed by atoms with Gasteiger partial charge in [0.15, 0.2) is 0 Å². The van der Waals surface area contributed by atoms with E-state index in [1.54, 1.807) is 13.3 Å². The molecule has 0 radical (unpaired) electrons. The van der Waals surface area contributed by atoms with Gasteiger partial charge in [0.2, 0.25) is 5.95 Å². The Kier molecular flexibility index (Phi) is 3.83. The Morgan fingerprint density at radius 3 is 3.00 bits per heavy atom. The summed E-state index contributed by atoms with van der Waals surface area (Å²) in [5.74, 6) is 2.58. The first-order chi connectivity index (χ1) is 11.6. The quantitative estimate of drug-likeness (QED) is 0.895. The molecule has 0 spiro atoms. The fourth-order valence-corrected chi connectivity index (χ4v) is 4.92. The number of rotatable bonds is 4. The molecule has 1 aromatic heterocycles. The molecule has 130 valence electrons. The number of carbonyl (C=O) groups excluding carboxylic acids is 1. The maximum absolute atomic E-state index is 12.7. The molecular formula is C17H25N5O2. The zero-order valence-corrected chi connectivity index (χ0v) is 14.5. The number of aromatic nitrogens is 2. The number of hydrogen-bond donors (Lipinski definition) is 1. The van der Waals surface area contributed by atoms with Crippen LogP contribution in [0.4, 0.5) is 10.7 Å². The van der Waals surface area contributed by atoms with Gasteiger partial charge < -0.3 is 19.9 Å². The molecule has 5 atom stereocenters. The van der Waals surface area contributed by atoms with Gasteiger partial charge in [-0.3, -0.25) is 0 Å². The van der Waals surface area contributed by atoms with Crippen LogP contribution in [0.1, 0.15) is 18.5 Å². The van der Waals surface area contributed by atoms with E-state index >= 15 is 0 Å². The van der Waals surface area contributed by atoms with Crippen LogP contribution < -0.4 is 10.2 Å². The van der Waals surface area contributed by atoms with Crippen molar-refractivity contribution in [1.29, 1.82) is 0 Å². The average molecular weight is 331 g/mol. The molecule has 1 aromatic rings. The van der Waals surface area contributed by atoms with Crippen molar-refractivity contribution >= 4 is 12.0 Å². The molecular weight excluding hydrogens is 306 g/mol. The fraction of sp³-hybridized carbons (Fsp3) is 0.706. The summed E-state index contributed by atoms with van der Waals surface area (Å²) in [5, 5.41) is 3.03. The number of nitrogens with one attached hydrogen (secondary N) is 1. The number of fused-ring (bicyclic) bond motifs is 1. The average Bonchev–Trinajstić information content (AvgIpc) is 3.20. The highest BCUT2D eigenvalue weighted by molar-refractivity contribution is 5.75. The van der Waals surface area contributed by atoms with E-state index in [4.69, 9.17) is 4.74 Å². The molecule has 7 nitrogen and oxygen atoms in total. The molecule has 2 saturated carbocycles. The van der Waals surface area contributed by atoms with Crippen molar-refractivity contribution in [2.45, 2.75) is 31.5 Å². The number of ether oxygens (including phenoxy) is 1. The highest BCUT2D eigenvalue weighted by Crippen LogP contribution is 2.55. The van der Waals surface area contributed by atoms with E-state index in [2.05, 4.69) is 15.3 Å². The van der Waals surface area contributed by atoms with Crippen LogP contribution in [0.3, 0.4) is 0 Å². The number of nitrogens with zero attached hydrogens (tertiary/aromatic N) is 4. The summed E-state index contributed by atoms with van der Waals surface area (Å²) in [6.07, 6.45) is 4.36. The summed E-state index contributed by atoms with van der Waals surface area (Å²) in [6, 6.07) is 2.09. The number of amides is 2. The van der Waals surface area contributed by atoms with Gasteiger partial charge in [-0.15, -0.1) is 0 Å². The molecule has 1 saturated heterocycles. The predicted octanol–water partition coefficient (Wildman–Crippen LogP) is 1.11. The van der Waals surface area contributed by atoms with Gasteiger partial charge in [0, 0.05) is 33.9 Å². The lowest BCUT2D eigenvalue weighted by Crippen LogP contribution is -2.48. The largest absolute Gasteiger partial charge is 0.379 e. The molecule has 2 bridgehead atoms. The van der Waals surface area contributed by atoms with Crippen molar-refractivity contribution in [1.82, 2.24) is 20.2 Å². The van der Waals surface area contributed by atoms with Gasteiger partial charge >= 0.3 is 6.03 Å². The first-order valence-electron chi connectivity index (χ1n) is 8.65. The van der Waals surface area contributed by atoms with Crippen LogP contribution in [0.15, 0.2) is 12.3 Å². The van der Waals surface area contributed by atoms with Gasteiger partial charge in [0.05, 0.1) is 24.4 Å². The summed E-state index contributed by atoms with van der Waals surface area (Å²) >= 11 is 0. The van der Waals surface area contributed by atoms with E-state index in [0.717, 1.165) is 12.2 Å². The first-order valence-corrected chi connectivity index (χ1v) is 8.65. The fourth-order valence-electron chi connectivity index (χ4n) is 4.92. The Morgan fingerprint density at radius 2 is 2.25 bits per heavy atom. The van der Waals surface area contributed by atoms with Gasteiger partial charge in [0.1, 0.15) is 0 Å². The first kappa shape index (κ1) is 15.6. The minimum Gasteiger partial charge on any atom is -0.379 e. The van der Waals surface area contributed by atoms with E-state index in [0.29, 0.717) is 30.2 Å². The third-order valence-electron chi connectivity index (χ3n) is 5.87. The lowest BCUT2D eigenvalue weighted by molar-refractivity contribution is 0.0189. The molecule has 7 heteroatoms. The highest BCUT2D eigenvalue weighted by atomic mass is 16.5. The number of likely N-dealkylation sites (tertiary alicyclic amines) is 1. The molecule has 5 unspecified atom stereocenters. The van der Waals surface area contributed by atoms with Crippen LogP contribution in [-0.2, 0) is 11.3 Å². The summed E-state index contributed by atoms with van der Waals surface area (Å²) < 4.78 is 5.71. The minimum atomic E-state index is 0.00196. The molecule has 3 aliphatic rings. The standard InChI is InChI=1S/C17H25N5O2/c1-21(2)16-18-5-4-12(20-16)8-19-17(23)22-9-11-6-10-7-13(11)14(22)15(10)24-3/h4-5,10-11,13-15H,6-9H2,1-3H3,(H,19,23). The summed E-state index contributed by atoms with van der Waals surface area (Å²) in [6.45, 7) is 1.28. The minimum absolute atomic E-state index is 0.00196. The van der Waals surface area contributed by atoms with Crippen molar-refractivity contribution in [2.75, 3.05) is 32.6 Å². The van der Waals surface area contributed by atoms with E-state index in [9.17, 15) is 4.79 Å². The third-order valence-corrected chi connectivity index (χ3v) is 5.87. The van der Waals surface area contributed by atoms with Gasteiger partial charge in [-0.1, -0.05) is 0 Å². The highest BCUT2D eigenvalue weighted by Gasteiger charge is 2.60. The summed E-state index contributed by atoms with van der Waals surface area (Å²) in [4.78, 5) is 25.2. The van der Waals surface area contributed by atoms with Crippen LogP contribution in [-0.4, -0.2) is 60.8 Å². The van der Waals surface area contributed by atoms with Crippen LogP contribution in [0.5, 0.6) is 0 Å². The molecule has 4 rings (SSSR count). The number of anilines is 1. The van der Waals surface area contributed by atoms with Crippen LogP contribution >= 0.6 is 0 Å². The molecule has 24 heavy (non-hydrogen) atoms. The maximum atomic E-state index is 12.7. The molecule has 2 heterocycles. The van der Waals surface area contributed by atoms with Gasteiger partial charge in [-0.05, 0) is 36.7 Å². The second kappa shape index (κ2) is 5.88. The summed E-state index contributed by atoms with van der Waals surface area (Å²) in [5.41, 5.74) is 0.816. The Balaban J connectivity index is 1.41. The zero-order valence-electron chi connectivity index (χ0n) is 14.5. The topological polar surface area (TPSA) is 70.6 Å². The smallest absolute Gasteiger partial charge is 0.318 e. The van der Waals surface area contributed by atoms with Gasteiger partial charge in [0.25, 0.3) is 0 Å². The molecule has 1 aliphatic heterocycles. The number of methoxy groups -OCH3 is 1. The molecule has 1 N–H and O–H groups in total. The van der Waals surface area contributed by atoms with Crippen molar-refractivity contribution < 1.29 is 9.53 Å². The van der Waals surface area contributed by atoms with Gasteiger partial charge in [-0.25, -0.2) is 14.8 Å². The molecule has 2 aliphatic carbocycles. The second-order valence-corrected chi connectivity index (χ2v) is 7.40. The number of carbonyl (C=O) groups is 1. The van der Waals surface area contributed by atoms with Crippen LogP contribution in [0.2, 0.25) is 0 Å². The molecule has 2 amide bonds. The Morgan fingerprint density at radius 1 is 1.42 bits per heavy atom. The number of hydrogen-bond acceptors (Lipinski definition) is 5. The SMILES string of the molecule is COC1C2CC3CN(C(=O)NCc4ccnc(N(C)C)n4)C1C3C2. The molecule has 3 fully saturated rings. The van der Waals surface area contributed by atoms with Crippen molar-refractivity contribution in [3.63, 3.8) is 0 Å². The Bertz CT molecular complexity index is 635. The van der Waals surface area contributed by atoms with E-state index in [1.807, 2.05) is 30.0 Å². The van der Waals surface area contributed by atoms with E-state index in [1.165, 1.54) is 12.8 Å². The van der Waals surface area contributed by atoms with Gasteiger partial charge in [-0.2, -0.15) is 0 Å². The lowest BCUT2D eigenvalue weighted by Gasteiger charge is -2.31. The third kappa shape index (κ3) is 2.42.